The van der Waals surface area contributed by atoms with Gasteiger partial charge in [-0.2, -0.15) is 0 Å². The molecule has 0 radical (unpaired) electrons. The van der Waals surface area contributed by atoms with E-state index in [9.17, 15) is 14.6 Å². The summed E-state index contributed by atoms with van der Waals surface area (Å²) in [6, 6.07) is 6.52. The Labute approximate surface area is 154 Å². The maximum atomic E-state index is 14.0. The van der Waals surface area contributed by atoms with Gasteiger partial charge in [0.1, 0.15) is 11.4 Å². The van der Waals surface area contributed by atoms with Crippen LogP contribution in [0.1, 0.15) is 26.7 Å². The molecule has 4 rings (SSSR count). The van der Waals surface area contributed by atoms with Crippen LogP contribution in [-0.2, 0) is 4.74 Å². The number of para-hydroxylation sites is 1. The van der Waals surface area contributed by atoms with E-state index in [0.29, 0.717) is 38.3 Å². The number of ether oxygens (including phenoxy) is 1. The normalized spacial score (nSPS) is 37.6. The van der Waals surface area contributed by atoms with Crippen LogP contribution in [0.4, 0.5) is 10.1 Å². The fourth-order valence-corrected chi connectivity index (χ4v) is 5.13. The number of nitrogens with zero attached hydrogens (tertiary/aromatic N) is 2. The van der Waals surface area contributed by atoms with Crippen LogP contribution < -0.4 is 4.90 Å². The monoisotopic (exact) mass is 364 g/mol. The highest BCUT2D eigenvalue weighted by molar-refractivity contribution is 5.48. The molecular weight excluding hydrogens is 335 g/mol. The van der Waals surface area contributed by atoms with Crippen LogP contribution in [-0.4, -0.2) is 71.2 Å². The highest BCUT2D eigenvalue weighted by atomic mass is 19.1. The summed E-state index contributed by atoms with van der Waals surface area (Å²) in [6.07, 6.45) is 0.816. The predicted molar refractivity (Wildman–Crippen MR) is 97.7 cm³/mol. The highest BCUT2D eigenvalue weighted by Gasteiger charge is 2.59. The van der Waals surface area contributed by atoms with Crippen molar-refractivity contribution in [2.75, 3.05) is 37.7 Å². The van der Waals surface area contributed by atoms with Gasteiger partial charge in [-0.1, -0.05) is 12.1 Å². The lowest BCUT2D eigenvalue weighted by Crippen LogP contribution is -2.64. The Kier molecular flexibility index (Phi) is 4.50. The Hall–Kier alpha value is -1.21. The molecule has 0 unspecified atom stereocenters. The Morgan fingerprint density at radius 3 is 2.54 bits per heavy atom. The third-order valence-corrected chi connectivity index (χ3v) is 6.44. The molecule has 2 N–H and O–H groups in total. The minimum absolute atomic E-state index is 0.0517. The number of aliphatic hydroxyl groups excluding tert-OH is 1. The summed E-state index contributed by atoms with van der Waals surface area (Å²) in [4.78, 5) is 4.21. The zero-order valence-electron chi connectivity index (χ0n) is 15.6. The number of benzene rings is 1. The molecule has 2 saturated heterocycles. The first-order chi connectivity index (χ1) is 12.3. The van der Waals surface area contributed by atoms with E-state index in [0.717, 1.165) is 6.42 Å². The molecule has 3 fully saturated rings. The van der Waals surface area contributed by atoms with Gasteiger partial charge in [0.05, 0.1) is 30.0 Å². The van der Waals surface area contributed by atoms with E-state index in [1.54, 1.807) is 12.1 Å². The fourth-order valence-electron chi connectivity index (χ4n) is 5.13. The zero-order chi connectivity index (χ0) is 18.5. The number of hydrogen-bond acceptors (Lipinski definition) is 5. The number of hydrogen-bond donors (Lipinski definition) is 2. The topological polar surface area (TPSA) is 56.2 Å². The quantitative estimate of drug-likeness (QED) is 0.835. The van der Waals surface area contributed by atoms with Gasteiger partial charge >= 0.3 is 0 Å². The lowest BCUT2D eigenvalue weighted by Gasteiger charge is -2.49. The molecule has 144 valence electrons. The number of aliphatic hydroxyl groups is 2. The molecule has 1 aromatic rings. The van der Waals surface area contributed by atoms with Crippen molar-refractivity contribution in [1.82, 2.24) is 4.90 Å². The van der Waals surface area contributed by atoms with Crippen LogP contribution >= 0.6 is 0 Å². The van der Waals surface area contributed by atoms with Gasteiger partial charge in [-0.15, -0.1) is 0 Å². The molecule has 2 heterocycles. The van der Waals surface area contributed by atoms with E-state index >= 15 is 0 Å². The number of fused-ring (bicyclic) bond motifs is 1. The summed E-state index contributed by atoms with van der Waals surface area (Å²) in [5.41, 5.74) is -0.636. The second-order valence-electron chi connectivity index (χ2n) is 8.66. The maximum Gasteiger partial charge on any atom is 0.146 e. The van der Waals surface area contributed by atoms with Crippen LogP contribution in [0.3, 0.4) is 0 Å². The van der Waals surface area contributed by atoms with Crippen molar-refractivity contribution >= 4 is 5.69 Å². The van der Waals surface area contributed by atoms with Crippen molar-refractivity contribution in [2.24, 2.45) is 5.92 Å². The van der Waals surface area contributed by atoms with Gasteiger partial charge in [0.2, 0.25) is 0 Å². The van der Waals surface area contributed by atoms with E-state index in [1.165, 1.54) is 6.07 Å². The van der Waals surface area contributed by atoms with Crippen LogP contribution in [0.2, 0.25) is 0 Å². The summed E-state index contributed by atoms with van der Waals surface area (Å²) in [6.45, 7) is 7.08. The van der Waals surface area contributed by atoms with Gasteiger partial charge in [-0.3, -0.25) is 4.90 Å². The summed E-state index contributed by atoms with van der Waals surface area (Å²) in [5, 5.41) is 22.1. The molecule has 6 heteroatoms. The SMILES string of the molecule is CC1(C)C[C@H]2C[C@@H](O)[C@H](N3CCN(c4ccccc4F)CC3)[C@]2(O)CO1. The highest BCUT2D eigenvalue weighted by Crippen LogP contribution is 2.47. The van der Waals surface area contributed by atoms with Crippen molar-refractivity contribution in [3.8, 4) is 0 Å². The smallest absolute Gasteiger partial charge is 0.146 e. The molecule has 2 aliphatic heterocycles. The zero-order valence-corrected chi connectivity index (χ0v) is 15.6. The number of halogens is 1. The second kappa shape index (κ2) is 6.44. The van der Waals surface area contributed by atoms with E-state index in [2.05, 4.69) is 4.90 Å². The molecule has 26 heavy (non-hydrogen) atoms. The number of anilines is 1. The Bertz CT molecular complexity index is 662. The first-order valence-electron chi connectivity index (χ1n) is 9.58. The minimum atomic E-state index is -1.00. The van der Waals surface area contributed by atoms with Crippen molar-refractivity contribution in [1.29, 1.82) is 0 Å². The lowest BCUT2D eigenvalue weighted by molar-refractivity contribution is -0.198. The molecule has 1 saturated carbocycles. The van der Waals surface area contributed by atoms with Crippen LogP contribution in [0.15, 0.2) is 24.3 Å². The van der Waals surface area contributed by atoms with Gasteiger partial charge in [0.15, 0.2) is 0 Å². The molecule has 0 aromatic heterocycles. The van der Waals surface area contributed by atoms with Gasteiger partial charge < -0.3 is 19.8 Å². The Balaban J connectivity index is 1.47. The summed E-state index contributed by atoms with van der Waals surface area (Å²) in [7, 11) is 0. The van der Waals surface area contributed by atoms with Crippen LogP contribution in [0, 0.1) is 11.7 Å². The van der Waals surface area contributed by atoms with E-state index in [-0.39, 0.29) is 30.0 Å². The molecule has 4 atom stereocenters. The van der Waals surface area contributed by atoms with Gasteiger partial charge in [0.25, 0.3) is 0 Å². The lowest BCUT2D eigenvalue weighted by atomic mass is 9.78. The van der Waals surface area contributed by atoms with Crippen LogP contribution in [0.25, 0.3) is 0 Å². The summed E-state index contributed by atoms with van der Waals surface area (Å²) in [5.74, 6) is -0.153. The third-order valence-electron chi connectivity index (χ3n) is 6.44. The number of piperazine rings is 1. The first kappa shape index (κ1) is 18.2. The van der Waals surface area contributed by atoms with Crippen molar-refractivity contribution < 1.29 is 19.3 Å². The third kappa shape index (κ3) is 3.03. The van der Waals surface area contributed by atoms with Gasteiger partial charge in [-0.25, -0.2) is 4.39 Å². The van der Waals surface area contributed by atoms with E-state index < -0.39 is 11.7 Å². The van der Waals surface area contributed by atoms with Crippen molar-refractivity contribution in [3.63, 3.8) is 0 Å². The summed E-state index contributed by atoms with van der Waals surface area (Å²) >= 11 is 0. The molecule has 1 aromatic carbocycles. The van der Waals surface area contributed by atoms with Gasteiger partial charge in [0, 0.05) is 26.2 Å². The molecule has 3 aliphatic rings. The minimum Gasteiger partial charge on any atom is -0.391 e. The Morgan fingerprint density at radius 2 is 1.85 bits per heavy atom. The average molecular weight is 364 g/mol. The largest absolute Gasteiger partial charge is 0.391 e. The van der Waals surface area contributed by atoms with Crippen molar-refractivity contribution in [3.05, 3.63) is 30.1 Å². The molecular formula is C20H29FN2O3. The predicted octanol–water partition coefficient (Wildman–Crippen LogP) is 1.63. The van der Waals surface area contributed by atoms with Crippen LogP contribution in [0.5, 0.6) is 0 Å². The summed E-state index contributed by atoms with van der Waals surface area (Å²) < 4.78 is 19.9. The standard InChI is InChI=1S/C20H29FN2O3/c1-19(2)12-14-11-17(24)18(20(14,25)13-26-19)23-9-7-22(8-10-23)16-6-4-3-5-15(16)21/h3-6,14,17-18,24-25H,7-13H2,1-2H3/t14-,17-,18+,20+/m1/s1. The second-order valence-corrected chi connectivity index (χ2v) is 8.66. The number of rotatable bonds is 2. The van der Waals surface area contributed by atoms with Crippen molar-refractivity contribution in [2.45, 2.75) is 50.0 Å². The average Bonchev–Trinajstić information content (AvgIpc) is 2.85. The Morgan fingerprint density at radius 1 is 1.15 bits per heavy atom. The van der Waals surface area contributed by atoms with Gasteiger partial charge in [-0.05, 0) is 44.7 Å². The van der Waals surface area contributed by atoms with E-state index in [4.69, 9.17) is 4.74 Å². The molecule has 1 aliphatic carbocycles. The van der Waals surface area contributed by atoms with E-state index in [1.807, 2.05) is 24.8 Å². The molecule has 0 amide bonds. The first-order valence-corrected chi connectivity index (χ1v) is 9.58. The fraction of sp³-hybridized carbons (Fsp3) is 0.700. The maximum absolute atomic E-state index is 14.0. The molecule has 5 nitrogen and oxygen atoms in total. The molecule has 0 bridgehead atoms. The molecule has 0 spiro atoms.